The zero-order valence-corrected chi connectivity index (χ0v) is 16.5. The summed E-state index contributed by atoms with van der Waals surface area (Å²) in [6.07, 6.45) is 7.36. The summed E-state index contributed by atoms with van der Waals surface area (Å²) in [7, 11) is 0. The van der Waals surface area contributed by atoms with Crippen LogP contribution in [-0.4, -0.2) is 61.1 Å². The Balaban J connectivity index is 1.35. The van der Waals surface area contributed by atoms with E-state index in [2.05, 4.69) is 26.1 Å². The van der Waals surface area contributed by atoms with E-state index < -0.39 is 6.09 Å². The van der Waals surface area contributed by atoms with Crippen molar-refractivity contribution in [3.05, 3.63) is 60.6 Å². The normalized spacial score (nSPS) is 25.2. The monoisotopic (exact) mass is 405 g/mol. The van der Waals surface area contributed by atoms with Gasteiger partial charge in [-0.15, -0.1) is 10.2 Å². The Bertz CT molecular complexity index is 1010. The molecule has 0 aliphatic carbocycles. The lowest BCUT2D eigenvalue weighted by molar-refractivity contribution is -0.0599. The summed E-state index contributed by atoms with van der Waals surface area (Å²) in [4.78, 5) is 18.1. The molecular formula is C22H23N5O3. The maximum atomic E-state index is 11.3. The molecule has 154 valence electrons. The average Bonchev–Trinajstić information content (AvgIpc) is 3.28. The van der Waals surface area contributed by atoms with Crippen LogP contribution in [0.15, 0.2) is 55.0 Å². The molecule has 0 spiro atoms. The van der Waals surface area contributed by atoms with Crippen LogP contribution in [0.4, 0.5) is 4.79 Å². The summed E-state index contributed by atoms with van der Waals surface area (Å²) < 4.78 is 7.49. The second-order valence-electron chi connectivity index (χ2n) is 7.89. The molecule has 6 rings (SSSR count). The van der Waals surface area contributed by atoms with Gasteiger partial charge in [-0.3, -0.25) is 14.5 Å². The molecule has 1 N–H and O–H groups in total. The third-order valence-corrected chi connectivity index (χ3v) is 6.17. The lowest BCUT2D eigenvalue weighted by Crippen LogP contribution is -2.60. The van der Waals surface area contributed by atoms with Gasteiger partial charge in [0.15, 0.2) is 0 Å². The Morgan fingerprint density at radius 3 is 2.70 bits per heavy atom. The van der Waals surface area contributed by atoms with E-state index in [1.807, 2.05) is 12.3 Å². The Labute approximate surface area is 174 Å². The number of nitrogens with zero attached hydrogens (tertiary/aromatic N) is 5. The van der Waals surface area contributed by atoms with Gasteiger partial charge in [-0.05, 0) is 68.1 Å². The number of carbonyl (C=O) groups is 1. The molecule has 2 atom stereocenters. The Morgan fingerprint density at radius 2 is 2.00 bits per heavy atom. The zero-order chi connectivity index (χ0) is 20.5. The van der Waals surface area contributed by atoms with Crippen molar-refractivity contribution in [1.29, 1.82) is 0 Å². The van der Waals surface area contributed by atoms with Crippen molar-refractivity contribution in [3.8, 4) is 17.3 Å². The smallest absolute Gasteiger partial charge is 0.416 e. The molecule has 0 saturated carbocycles. The Morgan fingerprint density at radius 1 is 1.13 bits per heavy atom. The van der Waals surface area contributed by atoms with Gasteiger partial charge < -0.3 is 9.84 Å². The van der Waals surface area contributed by atoms with Crippen LogP contribution in [0.3, 0.4) is 0 Å². The number of piperidine rings is 3. The van der Waals surface area contributed by atoms with E-state index >= 15 is 0 Å². The van der Waals surface area contributed by atoms with Gasteiger partial charge in [-0.25, -0.2) is 4.79 Å². The van der Waals surface area contributed by atoms with Crippen molar-refractivity contribution < 1.29 is 14.6 Å². The van der Waals surface area contributed by atoms with Crippen LogP contribution in [0.25, 0.3) is 11.4 Å². The van der Waals surface area contributed by atoms with E-state index in [0.29, 0.717) is 23.2 Å². The lowest BCUT2D eigenvalue weighted by atomic mass is 9.78. The standard InChI is InChI=1S/C22H23N5O3/c28-22(29)27-10-2-4-18(27)17-5-6-20(25-24-17)30-21-16-7-11-26(12-8-16)19(21)13-15-3-1-9-23-14-15/h1-6,9-10,14,16,19,21H,7-8,11-13H2,(H,28,29). The van der Waals surface area contributed by atoms with Crippen LogP contribution in [-0.2, 0) is 6.42 Å². The van der Waals surface area contributed by atoms with Gasteiger partial charge in [0, 0.05) is 24.7 Å². The number of fused-ring (bicyclic) bond motifs is 3. The van der Waals surface area contributed by atoms with E-state index in [4.69, 9.17) is 4.74 Å². The predicted molar refractivity (Wildman–Crippen MR) is 109 cm³/mol. The van der Waals surface area contributed by atoms with Crippen LogP contribution in [0.1, 0.15) is 18.4 Å². The first-order valence-corrected chi connectivity index (χ1v) is 10.2. The van der Waals surface area contributed by atoms with Crippen molar-refractivity contribution in [2.75, 3.05) is 13.1 Å². The fourth-order valence-electron chi connectivity index (χ4n) is 4.70. The van der Waals surface area contributed by atoms with E-state index in [9.17, 15) is 9.90 Å². The van der Waals surface area contributed by atoms with Gasteiger partial charge in [0.05, 0.1) is 11.7 Å². The molecule has 8 heteroatoms. The second-order valence-corrected chi connectivity index (χ2v) is 7.89. The van der Waals surface area contributed by atoms with E-state index in [-0.39, 0.29) is 12.1 Å². The molecule has 0 radical (unpaired) electrons. The van der Waals surface area contributed by atoms with Gasteiger partial charge in [-0.1, -0.05) is 6.07 Å². The van der Waals surface area contributed by atoms with Gasteiger partial charge in [-0.2, -0.15) is 0 Å². The molecule has 3 aliphatic heterocycles. The van der Waals surface area contributed by atoms with E-state index in [0.717, 1.165) is 36.9 Å². The molecule has 3 aromatic heterocycles. The first-order valence-electron chi connectivity index (χ1n) is 10.2. The highest BCUT2D eigenvalue weighted by molar-refractivity contribution is 5.75. The minimum Gasteiger partial charge on any atom is -0.471 e. The molecule has 3 fully saturated rings. The Hall–Kier alpha value is -3.26. The number of hydrogen-bond acceptors (Lipinski definition) is 6. The van der Waals surface area contributed by atoms with Crippen molar-refractivity contribution in [2.24, 2.45) is 5.92 Å². The lowest BCUT2D eigenvalue weighted by Gasteiger charge is -2.50. The van der Waals surface area contributed by atoms with Gasteiger partial charge in [0.25, 0.3) is 0 Å². The van der Waals surface area contributed by atoms with Crippen LogP contribution >= 0.6 is 0 Å². The Kier molecular flexibility index (Phi) is 4.92. The fraction of sp³-hybridized carbons (Fsp3) is 0.364. The summed E-state index contributed by atoms with van der Waals surface area (Å²) in [5, 5.41) is 17.7. The highest BCUT2D eigenvalue weighted by atomic mass is 16.5. The molecule has 0 aromatic carbocycles. The average molecular weight is 405 g/mol. The van der Waals surface area contributed by atoms with E-state index in [1.165, 1.54) is 11.8 Å². The summed E-state index contributed by atoms with van der Waals surface area (Å²) >= 11 is 0. The van der Waals surface area contributed by atoms with Gasteiger partial charge >= 0.3 is 6.09 Å². The minimum atomic E-state index is -1.05. The number of carboxylic acid groups (broad SMARTS) is 1. The molecule has 30 heavy (non-hydrogen) atoms. The SMILES string of the molecule is O=C(O)n1cccc1-c1ccc(OC2C3CCN(CC3)C2Cc2cccnc2)nn1. The number of ether oxygens (including phenoxy) is 1. The number of aromatic nitrogens is 4. The first-order chi connectivity index (χ1) is 14.7. The minimum absolute atomic E-state index is 0.0516. The molecule has 0 amide bonds. The third kappa shape index (κ3) is 3.54. The van der Waals surface area contributed by atoms with Crippen LogP contribution < -0.4 is 4.74 Å². The summed E-state index contributed by atoms with van der Waals surface area (Å²) in [6.45, 7) is 2.21. The predicted octanol–water partition coefficient (Wildman–Crippen LogP) is 2.95. The van der Waals surface area contributed by atoms with Gasteiger partial charge in [0.2, 0.25) is 5.88 Å². The van der Waals surface area contributed by atoms with Gasteiger partial charge in [0.1, 0.15) is 11.8 Å². The van der Waals surface area contributed by atoms with Crippen LogP contribution in [0, 0.1) is 5.92 Å². The second kappa shape index (κ2) is 7.87. The maximum absolute atomic E-state index is 11.3. The molecule has 3 aliphatic rings. The third-order valence-electron chi connectivity index (χ3n) is 6.17. The number of hydrogen-bond donors (Lipinski definition) is 1. The molecule has 3 aromatic rings. The molecular weight excluding hydrogens is 382 g/mol. The van der Waals surface area contributed by atoms with Crippen molar-refractivity contribution in [1.82, 2.24) is 24.6 Å². The fourth-order valence-corrected chi connectivity index (χ4v) is 4.70. The van der Waals surface area contributed by atoms with Crippen molar-refractivity contribution >= 4 is 6.09 Å². The summed E-state index contributed by atoms with van der Waals surface area (Å²) in [6, 6.07) is 11.3. The van der Waals surface area contributed by atoms with Crippen molar-refractivity contribution in [2.45, 2.75) is 31.4 Å². The zero-order valence-electron chi connectivity index (χ0n) is 16.5. The highest BCUT2D eigenvalue weighted by Gasteiger charge is 2.43. The van der Waals surface area contributed by atoms with Crippen molar-refractivity contribution in [3.63, 3.8) is 0 Å². The van der Waals surface area contributed by atoms with Crippen LogP contribution in [0.5, 0.6) is 5.88 Å². The maximum Gasteiger partial charge on any atom is 0.416 e. The molecule has 3 saturated heterocycles. The summed E-state index contributed by atoms with van der Waals surface area (Å²) in [5.74, 6) is 0.976. The molecule has 8 nitrogen and oxygen atoms in total. The number of rotatable bonds is 5. The molecule has 6 heterocycles. The highest BCUT2D eigenvalue weighted by Crippen LogP contribution is 2.36. The van der Waals surface area contributed by atoms with E-state index in [1.54, 1.807) is 30.5 Å². The largest absolute Gasteiger partial charge is 0.471 e. The molecule has 2 bridgehead atoms. The quantitative estimate of drug-likeness (QED) is 0.697. The topological polar surface area (TPSA) is 93.4 Å². The summed E-state index contributed by atoms with van der Waals surface area (Å²) in [5.41, 5.74) is 2.19. The first kappa shape index (κ1) is 18.7. The van der Waals surface area contributed by atoms with Crippen LogP contribution in [0.2, 0.25) is 0 Å². The molecule has 2 unspecified atom stereocenters. The number of pyridine rings is 1.